The number of ether oxygens (including phenoxy) is 2. The van der Waals surface area contributed by atoms with Gasteiger partial charge in [0.2, 0.25) is 5.91 Å². The fourth-order valence-electron chi connectivity index (χ4n) is 3.40. The molecule has 2 fully saturated rings. The minimum atomic E-state index is -0.816. The molecule has 2 aliphatic rings. The van der Waals surface area contributed by atoms with E-state index in [-0.39, 0.29) is 61.7 Å². The van der Waals surface area contributed by atoms with Gasteiger partial charge < -0.3 is 25.4 Å². The van der Waals surface area contributed by atoms with Crippen LogP contribution in [0.5, 0.6) is 0 Å². The highest BCUT2D eigenvalue weighted by molar-refractivity contribution is 7.80. The zero-order chi connectivity index (χ0) is 22.5. The van der Waals surface area contributed by atoms with Crippen LogP contribution in [0, 0.1) is 11.6 Å². The van der Waals surface area contributed by atoms with Crippen molar-refractivity contribution in [3.8, 4) is 0 Å². The summed E-state index contributed by atoms with van der Waals surface area (Å²) in [5, 5.41) is 4.26. The molecule has 0 aliphatic carbocycles. The zero-order valence-corrected chi connectivity index (χ0v) is 17.7. The summed E-state index contributed by atoms with van der Waals surface area (Å²) in [7, 11) is 1.41. The van der Waals surface area contributed by atoms with E-state index in [2.05, 4.69) is 10.7 Å². The average Bonchev–Trinajstić information content (AvgIpc) is 2.95. The molecule has 0 aromatic heterocycles. The Hall–Kier alpha value is -2.77. The number of carbonyl (C=O) groups is 2. The van der Waals surface area contributed by atoms with Crippen LogP contribution in [0.2, 0.25) is 0 Å². The normalized spacial score (nSPS) is 19.2. The van der Waals surface area contributed by atoms with E-state index in [9.17, 15) is 18.4 Å². The zero-order valence-electron chi connectivity index (χ0n) is 16.9. The predicted molar refractivity (Wildman–Crippen MR) is 113 cm³/mol. The van der Waals surface area contributed by atoms with Gasteiger partial charge in [-0.3, -0.25) is 14.7 Å². The molecule has 2 amide bonds. The number of hydrogen-bond donors (Lipinski definition) is 3. The van der Waals surface area contributed by atoms with Crippen molar-refractivity contribution < 1.29 is 27.8 Å². The summed E-state index contributed by atoms with van der Waals surface area (Å²) in [5.74, 6) is -1.94. The number of nitrogens with two attached hydrogens (primary N) is 1. The first-order valence-electron chi connectivity index (χ1n) is 9.62. The second kappa shape index (κ2) is 10.0. The van der Waals surface area contributed by atoms with E-state index < -0.39 is 23.8 Å². The molecular weight excluding hydrogens is 434 g/mol. The number of carbonyl (C=O) groups excluding carboxylic acids is 2. The summed E-state index contributed by atoms with van der Waals surface area (Å²) < 4.78 is 39.8. The smallest absolute Gasteiger partial charge is 0.414 e. The Morgan fingerprint density at radius 3 is 2.71 bits per heavy atom. The van der Waals surface area contributed by atoms with Crippen LogP contribution in [0.15, 0.2) is 12.1 Å². The third-order valence-corrected chi connectivity index (χ3v) is 5.23. The van der Waals surface area contributed by atoms with E-state index in [4.69, 9.17) is 27.4 Å². The maximum Gasteiger partial charge on any atom is 0.414 e. The van der Waals surface area contributed by atoms with Crippen molar-refractivity contribution in [2.45, 2.75) is 6.10 Å². The summed E-state index contributed by atoms with van der Waals surface area (Å²) >= 11 is 4.87. The van der Waals surface area contributed by atoms with Crippen LogP contribution in [0.4, 0.5) is 25.0 Å². The van der Waals surface area contributed by atoms with E-state index in [1.165, 1.54) is 17.0 Å². The molecule has 10 nitrogen and oxygen atoms in total. The van der Waals surface area contributed by atoms with Crippen LogP contribution < -0.4 is 26.3 Å². The second-order valence-electron chi connectivity index (χ2n) is 6.89. The molecule has 2 aliphatic heterocycles. The third kappa shape index (κ3) is 5.29. The molecular formula is C18H24F2N6O4S. The van der Waals surface area contributed by atoms with Gasteiger partial charge in [-0.05, 0) is 12.2 Å². The summed E-state index contributed by atoms with van der Waals surface area (Å²) in [6.45, 7) is 1.16. The molecule has 13 heteroatoms. The maximum absolute atomic E-state index is 14.9. The molecule has 170 valence electrons. The number of thiocarbonyl (C=S) groups is 1. The lowest BCUT2D eigenvalue weighted by Crippen LogP contribution is -2.46. The van der Waals surface area contributed by atoms with Crippen LogP contribution in [-0.4, -0.2) is 81.2 Å². The van der Waals surface area contributed by atoms with Gasteiger partial charge in [0.25, 0.3) is 5.17 Å². The van der Waals surface area contributed by atoms with Gasteiger partial charge in [-0.2, -0.15) is 0 Å². The lowest BCUT2D eigenvalue weighted by Gasteiger charge is -2.25. The number of anilines is 2. The minimum Gasteiger partial charge on any atom is -0.474 e. The first-order chi connectivity index (χ1) is 14.8. The summed E-state index contributed by atoms with van der Waals surface area (Å²) in [6.07, 6.45) is -1.27. The number of benzene rings is 1. The number of cyclic esters (lactones) is 1. The molecule has 3 rings (SSSR count). The molecule has 0 spiro atoms. The quantitative estimate of drug-likeness (QED) is 0.522. The summed E-state index contributed by atoms with van der Waals surface area (Å²) in [4.78, 5) is 26.6. The van der Waals surface area contributed by atoms with Crippen LogP contribution >= 0.6 is 12.2 Å². The minimum absolute atomic E-state index is 0.0495. The van der Waals surface area contributed by atoms with Gasteiger partial charge in [0.05, 0.1) is 39.0 Å². The Morgan fingerprint density at radius 2 is 2.06 bits per heavy atom. The topological polar surface area (TPSA) is 112 Å². The lowest BCUT2D eigenvalue weighted by molar-refractivity contribution is -0.132. The molecule has 0 radical (unpaired) electrons. The van der Waals surface area contributed by atoms with Crippen molar-refractivity contribution in [3.63, 3.8) is 0 Å². The van der Waals surface area contributed by atoms with Crippen molar-refractivity contribution in [2.24, 2.45) is 5.73 Å². The molecule has 31 heavy (non-hydrogen) atoms. The number of amides is 2. The molecule has 1 aromatic carbocycles. The average molecular weight is 458 g/mol. The van der Waals surface area contributed by atoms with Gasteiger partial charge in [0.15, 0.2) is 11.6 Å². The van der Waals surface area contributed by atoms with E-state index >= 15 is 0 Å². The molecule has 1 aromatic rings. The first kappa shape index (κ1) is 22.9. The third-order valence-electron chi connectivity index (χ3n) is 4.92. The fourth-order valence-corrected chi connectivity index (χ4v) is 3.48. The Morgan fingerprint density at radius 1 is 1.35 bits per heavy atom. The number of hydrogen-bond acceptors (Lipinski definition) is 8. The molecule has 0 bridgehead atoms. The number of halogens is 2. The molecule has 2 saturated heterocycles. The van der Waals surface area contributed by atoms with Gasteiger partial charge in [0.1, 0.15) is 11.8 Å². The summed E-state index contributed by atoms with van der Waals surface area (Å²) in [5.41, 5.74) is 8.08. The van der Waals surface area contributed by atoms with Crippen molar-refractivity contribution in [1.82, 2.24) is 15.8 Å². The predicted octanol–water partition coefficient (Wildman–Crippen LogP) is -0.0772. The largest absolute Gasteiger partial charge is 0.474 e. The highest BCUT2D eigenvalue weighted by atomic mass is 32.1. The van der Waals surface area contributed by atoms with Crippen molar-refractivity contribution in [1.29, 1.82) is 0 Å². The Labute approximate surface area is 183 Å². The number of nitrogens with zero attached hydrogens (tertiary/aromatic N) is 3. The molecule has 0 saturated carbocycles. The molecule has 4 N–H and O–H groups in total. The van der Waals surface area contributed by atoms with Gasteiger partial charge in [0, 0.05) is 31.8 Å². The fraction of sp³-hybridized carbons (Fsp3) is 0.500. The van der Waals surface area contributed by atoms with Crippen molar-refractivity contribution in [2.75, 3.05) is 62.7 Å². The van der Waals surface area contributed by atoms with E-state index in [1.54, 1.807) is 0 Å². The molecule has 2 heterocycles. The maximum atomic E-state index is 14.9. The Kier molecular flexibility index (Phi) is 7.41. The van der Waals surface area contributed by atoms with E-state index in [0.717, 1.165) is 17.0 Å². The number of hydrazine groups is 1. The van der Waals surface area contributed by atoms with Gasteiger partial charge in [-0.25, -0.2) is 19.0 Å². The standard InChI is InChI=1S/C18H24F2N6O4S/c1-29-17(31)22-9-12-10-25(18(28)30-12)11-6-13(19)16(14(20)7-11)24-3-2-23-26(5-4-24)15(27)8-21/h6-7,12,23H,2-5,8-10,21H2,1H3,(H,22,31)/t12-/m0/s1. The van der Waals surface area contributed by atoms with E-state index in [0.29, 0.717) is 6.54 Å². The Balaban J connectivity index is 1.71. The van der Waals surface area contributed by atoms with Crippen molar-refractivity contribution in [3.05, 3.63) is 23.8 Å². The van der Waals surface area contributed by atoms with Gasteiger partial charge in [-0.15, -0.1) is 0 Å². The van der Waals surface area contributed by atoms with Gasteiger partial charge >= 0.3 is 6.09 Å². The van der Waals surface area contributed by atoms with Crippen LogP contribution in [0.25, 0.3) is 0 Å². The number of rotatable bonds is 5. The lowest BCUT2D eigenvalue weighted by atomic mass is 10.2. The summed E-state index contributed by atoms with van der Waals surface area (Å²) in [6, 6.07) is 2.19. The molecule has 0 unspecified atom stereocenters. The molecule has 1 atom stereocenters. The van der Waals surface area contributed by atoms with Crippen LogP contribution in [0.1, 0.15) is 0 Å². The van der Waals surface area contributed by atoms with Crippen molar-refractivity contribution >= 4 is 40.8 Å². The number of methoxy groups -OCH3 is 1. The van der Waals surface area contributed by atoms with Crippen LogP contribution in [0.3, 0.4) is 0 Å². The highest BCUT2D eigenvalue weighted by Crippen LogP contribution is 2.31. The monoisotopic (exact) mass is 458 g/mol. The highest BCUT2D eigenvalue weighted by Gasteiger charge is 2.34. The SMILES string of the molecule is COC(=S)NC[C@H]1CN(c2cc(F)c(N3CCNN(C(=O)CN)CC3)c(F)c2)C(=O)O1. The van der Waals surface area contributed by atoms with E-state index in [1.807, 2.05) is 0 Å². The second-order valence-corrected chi connectivity index (χ2v) is 7.26. The van der Waals surface area contributed by atoms with Crippen LogP contribution in [-0.2, 0) is 14.3 Å². The number of nitrogens with one attached hydrogen (secondary N) is 2. The Bertz CT molecular complexity index is 837. The van der Waals surface area contributed by atoms with Gasteiger partial charge in [-0.1, -0.05) is 0 Å². The first-order valence-corrected chi connectivity index (χ1v) is 10.0.